The number of H-pyrrole nitrogens is 1. The zero-order chi connectivity index (χ0) is 21.8. The van der Waals surface area contributed by atoms with E-state index in [2.05, 4.69) is 15.4 Å². The lowest BCUT2D eigenvalue weighted by atomic mass is 10.1. The predicted molar refractivity (Wildman–Crippen MR) is 115 cm³/mol. The van der Waals surface area contributed by atoms with Crippen LogP contribution >= 0.6 is 0 Å². The van der Waals surface area contributed by atoms with Gasteiger partial charge in [0.15, 0.2) is 0 Å². The van der Waals surface area contributed by atoms with Crippen molar-refractivity contribution in [2.75, 3.05) is 13.7 Å². The first-order valence-electron chi connectivity index (χ1n) is 9.79. The Morgan fingerprint density at radius 2 is 2.03 bits per heavy atom. The molecule has 2 aromatic carbocycles. The van der Waals surface area contributed by atoms with Crippen LogP contribution in [0.4, 0.5) is 4.39 Å². The second-order valence-corrected chi connectivity index (χ2v) is 7.02. The molecule has 0 unspecified atom stereocenters. The molecule has 0 aliphatic rings. The molecule has 0 saturated carbocycles. The highest BCUT2D eigenvalue weighted by atomic mass is 19.1. The number of ether oxygens (including phenoxy) is 1. The Morgan fingerprint density at radius 1 is 1.19 bits per heavy atom. The summed E-state index contributed by atoms with van der Waals surface area (Å²) < 4.78 is 19.7. The van der Waals surface area contributed by atoms with E-state index in [-0.39, 0.29) is 12.5 Å². The van der Waals surface area contributed by atoms with E-state index in [9.17, 15) is 14.0 Å². The molecule has 8 heteroatoms. The molecule has 2 heterocycles. The zero-order valence-electron chi connectivity index (χ0n) is 16.9. The number of methoxy groups -OCH3 is 1. The maximum absolute atomic E-state index is 13.5. The molecule has 0 radical (unpaired) electrons. The van der Waals surface area contributed by atoms with Crippen molar-refractivity contribution in [3.05, 3.63) is 82.5 Å². The minimum Gasteiger partial charge on any atom is -0.496 e. The second kappa shape index (κ2) is 8.83. The third kappa shape index (κ3) is 4.48. The van der Waals surface area contributed by atoms with Crippen LogP contribution in [0.15, 0.2) is 65.6 Å². The van der Waals surface area contributed by atoms with E-state index >= 15 is 0 Å². The van der Waals surface area contributed by atoms with Crippen molar-refractivity contribution in [2.24, 2.45) is 0 Å². The van der Waals surface area contributed by atoms with E-state index in [1.54, 1.807) is 0 Å². The number of hydrogen-bond acceptors (Lipinski definition) is 4. The summed E-state index contributed by atoms with van der Waals surface area (Å²) >= 11 is 0. The molecule has 0 fully saturated rings. The zero-order valence-corrected chi connectivity index (χ0v) is 16.9. The molecule has 0 aliphatic carbocycles. The van der Waals surface area contributed by atoms with Crippen molar-refractivity contribution in [3.63, 3.8) is 0 Å². The topological polar surface area (TPSA) is 89.0 Å². The van der Waals surface area contributed by atoms with E-state index in [0.717, 1.165) is 21.1 Å². The number of nitrogens with one attached hydrogen (secondary N) is 2. The second-order valence-electron chi connectivity index (χ2n) is 7.02. The standard InChI is InChI=1S/C23H21FN4O3/c1-31-21-12-16(24)6-7-18(21)20-8-9-23(30)28(27-20)14-22(29)25-11-10-15-13-26-19-5-3-2-4-17(15)19/h2-9,12-13,26H,10-11,14H2,1H3,(H,25,29). The lowest BCUT2D eigenvalue weighted by Crippen LogP contribution is -2.34. The van der Waals surface area contributed by atoms with Gasteiger partial charge in [0, 0.05) is 41.3 Å². The number of benzene rings is 2. The number of rotatable bonds is 7. The van der Waals surface area contributed by atoms with Crippen LogP contribution in [0.25, 0.3) is 22.2 Å². The lowest BCUT2D eigenvalue weighted by Gasteiger charge is -2.10. The Balaban J connectivity index is 1.43. The maximum Gasteiger partial charge on any atom is 0.267 e. The van der Waals surface area contributed by atoms with Crippen molar-refractivity contribution in [3.8, 4) is 17.0 Å². The Morgan fingerprint density at radius 3 is 2.87 bits per heavy atom. The van der Waals surface area contributed by atoms with Crippen LogP contribution < -0.4 is 15.6 Å². The van der Waals surface area contributed by atoms with Crippen LogP contribution in [-0.2, 0) is 17.8 Å². The van der Waals surface area contributed by atoms with Crippen molar-refractivity contribution in [1.29, 1.82) is 0 Å². The fraction of sp³-hybridized carbons (Fsp3) is 0.174. The highest BCUT2D eigenvalue weighted by molar-refractivity contribution is 5.83. The van der Waals surface area contributed by atoms with Gasteiger partial charge in [-0.3, -0.25) is 9.59 Å². The van der Waals surface area contributed by atoms with Crippen molar-refractivity contribution in [1.82, 2.24) is 20.1 Å². The molecule has 2 aromatic heterocycles. The minimum absolute atomic E-state index is 0.218. The molecular formula is C23H21FN4O3. The van der Waals surface area contributed by atoms with E-state index in [1.165, 1.54) is 37.4 Å². The third-order valence-corrected chi connectivity index (χ3v) is 4.99. The maximum atomic E-state index is 13.5. The third-order valence-electron chi connectivity index (χ3n) is 4.99. The largest absolute Gasteiger partial charge is 0.496 e. The molecule has 158 valence electrons. The summed E-state index contributed by atoms with van der Waals surface area (Å²) in [6.07, 6.45) is 2.59. The van der Waals surface area contributed by atoms with Crippen LogP contribution in [0, 0.1) is 5.82 Å². The summed E-state index contributed by atoms with van der Waals surface area (Å²) in [5.74, 6) is -0.470. The number of nitrogens with zero attached hydrogens (tertiary/aromatic N) is 2. The summed E-state index contributed by atoms with van der Waals surface area (Å²) in [4.78, 5) is 27.8. The van der Waals surface area contributed by atoms with Gasteiger partial charge in [-0.2, -0.15) is 5.10 Å². The van der Waals surface area contributed by atoms with E-state index in [0.29, 0.717) is 30.0 Å². The number of aromatic amines is 1. The smallest absolute Gasteiger partial charge is 0.267 e. The van der Waals surface area contributed by atoms with Gasteiger partial charge in [0.25, 0.3) is 5.56 Å². The molecule has 2 N–H and O–H groups in total. The van der Waals surface area contributed by atoms with Crippen LogP contribution in [0.1, 0.15) is 5.56 Å². The number of para-hydroxylation sites is 1. The molecule has 0 spiro atoms. The molecule has 31 heavy (non-hydrogen) atoms. The van der Waals surface area contributed by atoms with E-state index in [4.69, 9.17) is 4.74 Å². The van der Waals surface area contributed by atoms with Gasteiger partial charge in [-0.05, 0) is 36.2 Å². The number of aromatic nitrogens is 3. The number of carbonyl (C=O) groups is 1. The number of hydrogen-bond donors (Lipinski definition) is 2. The summed E-state index contributed by atoms with van der Waals surface area (Å²) in [7, 11) is 1.43. The number of halogens is 1. The monoisotopic (exact) mass is 420 g/mol. The van der Waals surface area contributed by atoms with Gasteiger partial charge in [0.05, 0.1) is 12.8 Å². The Hall–Kier alpha value is -3.94. The Bertz CT molecular complexity index is 1300. The average molecular weight is 420 g/mol. The molecular weight excluding hydrogens is 399 g/mol. The molecule has 4 rings (SSSR count). The van der Waals surface area contributed by atoms with Crippen LogP contribution in [-0.4, -0.2) is 34.3 Å². The first-order chi connectivity index (χ1) is 15.0. The molecule has 0 atom stereocenters. The van der Waals surface area contributed by atoms with Gasteiger partial charge in [-0.15, -0.1) is 0 Å². The van der Waals surface area contributed by atoms with Crippen LogP contribution in [0.2, 0.25) is 0 Å². The first kappa shape index (κ1) is 20.3. The van der Waals surface area contributed by atoms with Gasteiger partial charge in [-0.25, -0.2) is 9.07 Å². The van der Waals surface area contributed by atoms with Gasteiger partial charge in [0.2, 0.25) is 5.91 Å². The molecule has 7 nitrogen and oxygen atoms in total. The van der Waals surface area contributed by atoms with Gasteiger partial charge in [-0.1, -0.05) is 18.2 Å². The van der Waals surface area contributed by atoms with Crippen LogP contribution in [0.5, 0.6) is 5.75 Å². The van der Waals surface area contributed by atoms with E-state index in [1.807, 2.05) is 30.5 Å². The Kier molecular flexibility index (Phi) is 5.79. The van der Waals surface area contributed by atoms with Gasteiger partial charge < -0.3 is 15.0 Å². The van der Waals surface area contributed by atoms with Gasteiger partial charge >= 0.3 is 0 Å². The van der Waals surface area contributed by atoms with Crippen molar-refractivity contribution < 1.29 is 13.9 Å². The predicted octanol–water partition coefficient (Wildman–Crippen LogP) is 2.90. The summed E-state index contributed by atoms with van der Waals surface area (Å²) in [6.45, 7) is 0.213. The number of carbonyl (C=O) groups excluding carboxylic acids is 1. The molecule has 0 bridgehead atoms. The summed E-state index contributed by atoms with van der Waals surface area (Å²) in [5.41, 5.74) is 2.68. The lowest BCUT2D eigenvalue weighted by molar-refractivity contribution is -0.121. The highest BCUT2D eigenvalue weighted by Gasteiger charge is 2.12. The minimum atomic E-state index is -0.441. The highest BCUT2D eigenvalue weighted by Crippen LogP contribution is 2.28. The fourth-order valence-electron chi connectivity index (χ4n) is 3.45. The SMILES string of the molecule is COc1cc(F)ccc1-c1ccc(=O)n(CC(=O)NCCc2c[nH]c3ccccc23)n1. The van der Waals surface area contributed by atoms with Gasteiger partial charge in [0.1, 0.15) is 18.1 Å². The molecule has 4 aromatic rings. The first-order valence-corrected chi connectivity index (χ1v) is 9.79. The quantitative estimate of drug-likeness (QED) is 0.481. The molecule has 1 amide bonds. The average Bonchev–Trinajstić information content (AvgIpc) is 3.18. The molecule has 0 aliphatic heterocycles. The summed E-state index contributed by atoms with van der Waals surface area (Å²) in [6, 6.07) is 14.8. The fourth-order valence-corrected chi connectivity index (χ4v) is 3.45. The van der Waals surface area contributed by atoms with Crippen molar-refractivity contribution in [2.45, 2.75) is 13.0 Å². The Labute approximate surface area is 177 Å². The summed E-state index contributed by atoms with van der Waals surface area (Å²) in [5, 5.41) is 8.20. The van der Waals surface area contributed by atoms with E-state index < -0.39 is 11.4 Å². The number of amides is 1. The van der Waals surface area contributed by atoms with Crippen LogP contribution in [0.3, 0.4) is 0 Å². The normalized spacial score (nSPS) is 10.9. The number of fused-ring (bicyclic) bond motifs is 1. The molecule has 0 saturated heterocycles. The van der Waals surface area contributed by atoms with Crippen molar-refractivity contribution >= 4 is 16.8 Å².